The van der Waals surface area contributed by atoms with Gasteiger partial charge in [0, 0.05) is 17.7 Å². The van der Waals surface area contributed by atoms with E-state index in [1.807, 2.05) is 0 Å². The molecule has 0 bridgehead atoms. The summed E-state index contributed by atoms with van der Waals surface area (Å²) in [5, 5.41) is 69.7. The molecule has 5 atom stereocenters. The van der Waals surface area contributed by atoms with Gasteiger partial charge in [-0.25, -0.2) is 0 Å². The lowest BCUT2D eigenvalue weighted by molar-refractivity contribution is -0.277. The number of methoxy groups -OCH3 is 1. The topological polar surface area (TPSA) is 200 Å². The van der Waals surface area contributed by atoms with Crippen molar-refractivity contribution in [1.82, 2.24) is 0 Å². The maximum Gasteiger partial charge on any atom is 0.239 e. The summed E-state index contributed by atoms with van der Waals surface area (Å²) in [4.78, 5) is 13.3. The number of fused-ring (bicyclic) bond motifs is 1. The van der Waals surface area contributed by atoms with Crippen molar-refractivity contribution in [3.63, 3.8) is 0 Å². The average Bonchev–Trinajstić information content (AvgIpc) is 2.80. The third-order valence-corrected chi connectivity index (χ3v) is 5.44. The standard InChI is InChI=1S/C22H22O12/c1-31-12-3-2-8(4-10(12)25)20-21(17(28)15-11(26)5-9(24)6-13(15)32-20)34-22-19(30)18(29)16(27)14(7-23)33-22/h2-6,14,16,18-19,22-27,29-30H,7H2,1H3/t14-,16+,18-,19+,22+/m1/s1. The lowest BCUT2D eigenvalue weighted by atomic mass is 9.99. The van der Waals surface area contributed by atoms with Crippen molar-refractivity contribution in [3.05, 3.63) is 40.6 Å². The number of rotatable bonds is 5. The minimum atomic E-state index is -1.83. The fourth-order valence-corrected chi connectivity index (χ4v) is 3.68. The van der Waals surface area contributed by atoms with Gasteiger partial charge in [-0.3, -0.25) is 4.79 Å². The van der Waals surface area contributed by atoms with Crippen LogP contribution in [-0.4, -0.2) is 80.2 Å². The van der Waals surface area contributed by atoms with Crippen molar-refractivity contribution < 1.29 is 54.4 Å². The van der Waals surface area contributed by atoms with Gasteiger partial charge in [0.2, 0.25) is 17.5 Å². The number of aliphatic hydroxyl groups is 4. The van der Waals surface area contributed by atoms with Crippen LogP contribution in [0.4, 0.5) is 0 Å². The number of phenolic OH excluding ortho intramolecular Hbond substituents is 3. The van der Waals surface area contributed by atoms with E-state index in [-0.39, 0.29) is 39.5 Å². The second-order valence-electron chi connectivity index (χ2n) is 7.63. The van der Waals surface area contributed by atoms with Gasteiger partial charge in [0.15, 0.2) is 17.3 Å². The largest absolute Gasteiger partial charge is 0.508 e. The summed E-state index contributed by atoms with van der Waals surface area (Å²) in [5.74, 6) is -2.05. The van der Waals surface area contributed by atoms with Gasteiger partial charge in [0.05, 0.1) is 13.7 Å². The molecule has 182 valence electrons. The Morgan fingerprint density at radius 3 is 2.35 bits per heavy atom. The number of phenols is 3. The predicted molar refractivity (Wildman–Crippen MR) is 114 cm³/mol. The van der Waals surface area contributed by atoms with Crippen LogP contribution in [-0.2, 0) is 4.74 Å². The minimum absolute atomic E-state index is 0.111. The summed E-state index contributed by atoms with van der Waals surface area (Å²) < 4.78 is 21.6. The molecule has 1 fully saturated rings. The van der Waals surface area contributed by atoms with Crippen LogP contribution in [0.25, 0.3) is 22.3 Å². The first-order chi connectivity index (χ1) is 16.2. The Kier molecular flexibility index (Phi) is 6.25. The van der Waals surface area contributed by atoms with Crippen molar-refractivity contribution in [1.29, 1.82) is 0 Å². The smallest absolute Gasteiger partial charge is 0.239 e. The number of aliphatic hydroxyl groups excluding tert-OH is 4. The fourth-order valence-electron chi connectivity index (χ4n) is 3.68. The normalized spacial score (nSPS) is 24.8. The molecule has 1 saturated heterocycles. The first-order valence-electron chi connectivity index (χ1n) is 10.0. The molecule has 0 amide bonds. The van der Waals surface area contributed by atoms with Gasteiger partial charge in [-0.1, -0.05) is 0 Å². The number of aromatic hydroxyl groups is 3. The summed E-state index contributed by atoms with van der Waals surface area (Å²) in [6.07, 6.45) is -8.31. The van der Waals surface area contributed by atoms with E-state index in [9.17, 15) is 40.5 Å². The summed E-state index contributed by atoms with van der Waals surface area (Å²) in [6.45, 7) is -0.726. The molecule has 1 aliphatic heterocycles. The van der Waals surface area contributed by atoms with Crippen molar-refractivity contribution in [2.75, 3.05) is 13.7 Å². The Labute approximate surface area is 191 Å². The first-order valence-corrected chi connectivity index (χ1v) is 10.0. The second-order valence-corrected chi connectivity index (χ2v) is 7.63. The lowest BCUT2D eigenvalue weighted by Gasteiger charge is -2.39. The quantitative estimate of drug-likeness (QED) is 0.254. The average molecular weight is 478 g/mol. The Morgan fingerprint density at radius 2 is 1.71 bits per heavy atom. The van der Waals surface area contributed by atoms with Crippen LogP contribution < -0.4 is 14.9 Å². The van der Waals surface area contributed by atoms with E-state index in [1.165, 1.54) is 25.3 Å². The summed E-state index contributed by atoms with van der Waals surface area (Å²) in [5.41, 5.74) is -1.03. The van der Waals surface area contributed by atoms with Crippen molar-refractivity contribution >= 4 is 11.0 Å². The van der Waals surface area contributed by atoms with Crippen LogP contribution in [0.5, 0.6) is 28.7 Å². The molecule has 2 aromatic carbocycles. The molecule has 1 aliphatic rings. The van der Waals surface area contributed by atoms with E-state index in [0.717, 1.165) is 12.1 Å². The Balaban J connectivity index is 1.90. The molecule has 0 saturated carbocycles. The van der Waals surface area contributed by atoms with Crippen LogP contribution in [0, 0.1) is 0 Å². The second kappa shape index (κ2) is 9.00. The third-order valence-electron chi connectivity index (χ3n) is 5.44. The highest BCUT2D eigenvalue weighted by molar-refractivity contribution is 5.88. The molecule has 2 heterocycles. The Bertz CT molecular complexity index is 1270. The van der Waals surface area contributed by atoms with Crippen LogP contribution in [0.1, 0.15) is 0 Å². The van der Waals surface area contributed by atoms with Crippen LogP contribution >= 0.6 is 0 Å². The predicted octanol–water partition coefficient (Wildman–Crippen LogP) is -0.236. The third kappa shape index (κ3) is 3.97. The summed E-state index contributed by atoms with van der Waals surface area (Å²) >= 11 is 0. The van der Waals surface area contributed by atoms with Gasteiger partial charge in [-0.15, -0.1) is 0 Å². The molecule has 4 rings (SSSR count). The van der Waals surface area contributed by atoms with E-state index in [0.29, 0.717) is 0 Å². The van der Waals surface area contributed by atoms with Gasteiger partial charge >= 0.3 is 0 Å². The number of hydrogen-bond donors (Lipinski definition) is 7. The molecule has 0 spiro atoms. The summed E-state index contributed by atoms with van der Waals surface area (Å²) in [7, 11) is 1.34. The minimum Gasteiger partial charge on any atom is -0.508 e. The Hall–Kier alpha value is -3.55. The molecule has 34 heavy (non-hydrogen) atoms. The molecule has 12 heteroatoms. The van der Waals surface area contributed by atoms with Crippen LogP contribution in [0.3, 0.4) is 0 Å². The van der Waals surface area contributed by atoms with Crippen molar-refractivity contribution in [3.8, 4) is 40.1 Å². The molecule has 0 aliphatic carbocycles. The van der Waals surface area contributed by atoms with Crippen LogP contribution in [0.15, 0.2) is 39.5 Å². The summed E-state index contributed by atoms with van der Waals surface area (Å²) in [6, 6.07) is 6.00. The highest BCUT2D eigenvalue weighted by atomic mass is 16.7. The molecular formula is C22H22O12. The molecule has 3 aromatic rings. The Morgan fingerprint density at radius 1 is 0.971 bits per heavy atom. The van der Waals surface area contributed by atoms with E-state index in [2.05, 4.69) is 0 Å². The molecule has 7 N–H and O–H groups in total. The zero-order valence-corrected chi connectivity index (χ0v) is 17.7. The number of ether oxygens (including phenoxy) is 3. The van der Waals surface area contributed by atoms with Gasteiger partial charge in [0.1, 0.15) is 46.9 Å². The van der Waals surface area contributed by atoms with Gasteiger partial charge in [-0.05, 0) is 18.2 Å². The number of hydrogen-bond acceptors (Lipinski definition) is 12. The van der Waals surface area contributed by atoms with Crippen LogP contribution in [0.2, 0.25) is 0 Å². The van der Waals surface area contributed by atoms with Crippen molar-refractivity contribution in [2.45, 2.75) is 30.7 Å². The maximum atomic E-state index is 13.3. The van der Waals surface area contributed by atoms with Gasteiger partial charge in [0.25, 0.3) is 0 Å². The zero-order valence-electron chi connectivity index (χ0n) is 17.7. The first kappa shape index (κ1) is 23.6. The SMILES string of the molecule is COc1ccc(-c2oc3cc(O)cc(O)c3c(=O)c2O[C@@H]2O[C@H](CO)[C@H](O)[C@@H](O)[C@@H]2O)cc1O. The molecule has 1 aromatic heterocycles. The van der Waals surface area contributed by atoms with E-state index in [1.54, 1.807) is 0 Å². The molecule has 0 unspecified atom stereocenters. The maximum absolute atomic E-state index is 13.3. The van der Waals surface area contributed by atoms with Gasteiger partial charge in [-0.2, -0.15) is 0 Å². The monoisotopic (exact) mass is 478 g/mol. The highest BCUT2D eigenvalue weighted by Crippen LogP contribution is 2.39. The lowest BCUT2D eigenvalue weighted by Crippen LogP contribution is -2.60. The molecule has 12 nitrogen and oxygen atoms in total. The fraction of sp³-hybridized carbons (Fsp3) is 0.318. The molecule has 0 radical (unpaired) electrons. The zero-order chi connectivity index (χ0) is 24.7. The van der Waals surface area contributed by atoms with E-state index in [4.69, 9.17) is 18.6 Å². The molecular weight excluding hydrogens is 456 g/mol. The van der Waals surface area contributed by atoms with Crippen molar-refractivity contribution in [2.24, 2.45) is 0 Å². The highest BCUT2D eigenvalue weighted by Gasteiger charge is 2.45. The van der Waals surface area contributed by atoms with Gasteiger partial charge < -0.3 is 54.4 Å². The number of benzene rings is 2. The van der Waals surface area contributed by atoms with E-state index < -0.39 is 54.2 Å². The van der Waals surface area contributed by atoms with E-state index >= 15 is 0 Å².